The molecule has 1 aromatic carbocycles. The zero-order chi connectivity index (χ0) is 16.7. The van der Waals surface area contributed by atoms with Gasteiger partial charge in [0.25, 0.3) is 0 Å². The van der Waals surface area contributed by atoms with Gasteiger partial charge >= 0.3 is 0 Å². The first-order chi connectivity index (χ1) is 11.0. The maximum Gasteiger partial charge on any atom is 0.163 e. The standard InChI is InChI=1S/C18H21N3O2/c1-18(2,3)17(22)16(21-14-19-13-20-21)11-7-8-12-23-15-9-5-4-6-10-15/h4-6,9-10,13-14,16H,11-12H2,1-3H3. The van der Waals surface area contributed by atoms with E-state index in [9.17, 15) is 4.79 Å². The van der Waals surface area contributed by atoms with Gasteiger partial charge in [0.15, 0.2) is 5.78 Å². The smallest absolute Gasteiger partial charge is 0.163 e. The van der Waals surface area contributed by atoms with Gasteiger partial charge in [-0.15, -0.1) is 0 Å². The Balaban J connectivity index is 1.97. The van der Waals surface area contributed by atoms with Gasteiger partial charge in [-0.1, -0.05) is 50.8 Å². The Bertz CT molecular complexity index is 677. The van der Waals surface area contributed by atoms with Crippen molar-refractivity contribution in [3.63, 3.8) is 0 Å². The van der Waals surface area contributed by atoms with Crippen molar-refractivity contribution in [2.45, 2.75) is 33.2 Å². The van der Waals surface area contributed by atoms with Crippen molar-refractivity contribution in [3.8, 4) is 17.6 Å². The molecule has 120 valence electrons. The average Bonchev–Trinajstić information content (AvgIpc) is 3.04. The minimum absolute atomic E-state index is 0.0845. The molecule has 1 unspecified atom stereocenters. The fourth-order valence-electron chi connectivity index (χ4n) is 2.04. The number of hydrogen-bond donors (Lipinski definition) is 0. The van der Waals surface area contributed by atoms with E-state index < -0.39 is 11.5 Å². The Morgan fingerprint density at radius 1 is 1.26 bits per heavy atom. The summed E-state index contributed by atoms with van der Waals surface area (Å²) >= 11 is 0. The summed E-state index contributed by atoms with van der Waals surface area (Å²) in [5.74, 6) is 6.82. The second kappa shape index (κ2) is 7.59. The molecule has 0 radical (unpaired) electrons. The van der Waals surface area contributed by atoms with Crippen LogP contribution in [0.15, 0.2) is 43.0 Å². The van der Waals surface area contributed by atoms with Crippen LogP contribution in [0, 0.1) is 17.3 Å². The molecule has 2 rings (SSSR count). The van der Waals surface area contributed by atoms with E-state index in [0.717, 1.165) is 5.75 Å². The van der Waals surface area contributed by atoms with E-state index in [4.69, 9.17) is 4.74 Å². The molecule has 0 aliphatic carbocycles. The lowest BCUT2D eigenvalue weighted by atomic mass is 9.85. The highest BCUT2D eigenvalue weighted by atomic mass is 16.5. The normalized spacial score (nSPS) is 12.1. The fourth-order valence-corrected chi connectivity index (χ4v) is 2.04. The maximum absolute atomic E-state index is 12.6. The molecule has 0 saturated heterocycles. The first-order valence-electron chi connectivity index (χ1n) is 7.50. The number of ether oxygens (including phenoxy) is 1. The van der Waals surface area contributed by atoms with Crippen LogP contribution in [0.4, 0.5) is 0 Å². The molecule has 1 heterocycles. The fraction of sp³-hybridized carbons (Fsp3) is 0.389. The Morgan fingerprint density at radius 2 is 2.00 bits per heavy atom. The molecule has 5 nitrogen and oxygen atoms in total. The molecular formula is C18H21N3O2. The van der Waals surface area contributed by atoms with E-state index in [2.05, 4.69) is 21.9 Å². The quantitative estimate of drug-likeness (QED) is 0.797. The van der Waals surface area contributed by atoms with Crippen LogP contribution in [-0.2, 0) is 4.79 Å². The highest BCUT2D eigenvalue weighted by molar-refractivity contribution is 5.87. The molecule has 0 amide bonds. The van der Waals surface area contributed by atoms with Gasteiger partial charge in [-0.25, -0.2) is 9.67 Å². The van der Waals surface area contributed by atoms with Crippen LogP contribution in [0.3, 0.4) is 0 Å². The van der Waals surface area contributed by atoms with Gasteiger partial charge in [-0.2, -0.15) is 5.10 Å². The van der Waals surface area contributed by atoms with Crippen LogP contribution in [-0.4, -0.2) is 27.2 Å². The summed E-state index contributed by atoms with van der Waals surface area (Å²) in [5, 5.41) is 4.08. The Hall–Kier alpha value is -2.61. The topological polar surface area (TPSA) is 57.0 Å². The number of ketones is 1. The molecule has 0 bridgehead atoms. The van der Waals surface area contributed by atoms with Crippen molar-refractivity contribution >= 4 is 5.78 Å². The number of benzene rings is 1. The molecule has 0 spiro atoms. The van der Waals surface area contributed by atoms with Crippen molar-refractivity contribution in [2.75, 3.05) is 6.61 Å². The van der Waals surface area contributed by atoms with E-state index in [1.54, 1.807) is 11.0 Å². The zero-order valence-electron chi connectivity index (χ0n) is 13.7. The van der Waals surface area contributed by atoms with E-state index in [1.807, 2.05) is 51.1 Å². The first kappa shape index (κ1) is 16.8. The monoisotopic (exact) mass is 311 g/mol. The zero-order valence-corrected chi connectivity index (χ0v) is 13.7. The summed E-state index contributed by atoms with van der Waals surface area (Å²) in [7, 11) is 0. The van der Waals surface area contributed by atoms with Gasteiger partial charge < -0.3 is 4.74 Å². The summed E-state index contributed by atoms with van der Waals surface area (Å²) in [6, 6.07) is 9.07. The largest absolute Gasteiger partial charge is 0.481 e. The van der Waals surface area contributed by atoms with Gasteiger partial charge in [0.05, 0.1) is 0 Å². The Labute approximate surface area is 136 Å². The molecule has 0 N–H and O–H groups in total. The van der Waals surface area contributed by atoms with Crippen LogP contribution >= 0.6 is 0 Å². The van der Waals surface area contributed by atoms with Gasteiger partial charge in [-0.3, -0.25) is 4.79 Å². The molecule has 5 heteroatoms. The third-order valence-corrected chi connectivity index (χ3v) is 3.27. The molecule has 2 aromatic rings. The molecule has 0 aliphatic heterocycles. The minimum atomic E-state index is -0.459. The Morgan fingerprint density at radius 3 is 2.61 bits per heavy atom. The van der Waals surface area contributed by atoms with Gasteiger partial charge in [0, 0.05) is 11.8 Å². The summed E-state index contributed by atoms with van der Waals surface area (Å²) in [6.07, 6.45) is 3.36. The number of Topliss-reactive ketones (excluding diaryl/α,β-unsaturated/α-hetero) is 1. The molecule has 0 fully saturated rings. The molecular weight excluding hydrogens is 290 g/mol. The van der Waals surface area contributed by atoms with E-state index in [1.165, 1.54) is 6.33 Å². The first-order valence-corrected chi connectivity index (χ1v) is 7.50. The molecule has 1 aromatic heterocycles. The number of nitrogens with zero attached hydrogens (tertiary/aromatic N) is 3. The number of rotatable bonds is 5. The SMILES string of the molecule is CC(C)(C)C(=O)C(CC#CCOc1ccccc1)n1cncn1. The number of carbonyl (C=O) groups excluding carboxylic acids is 1. The maximum atomic E-state index is 12.6. The van der Waals surface area contributed by atoms with Crippen LogP contribution in [0.25, 0.3) is 0 Å². The van der Waals surface area contributed by atoms with E-state index >= 15 is 0 Å². The number of carbonyl (C=O) groups is 1. The highest BCUT2D eigenvalue weighted by Gasteiger charge is 2.30. The van der Waals surface area contributed by atoms with Gasteiger partial charge in [0.1, 0.15) is 31.1 Å². The van der Waals surface area contributed by atoms with Crippen molar-refractivity contribution in [1.29, 1.82) is 0 Å². The lowest BCUT2D eigenvalue weighted by Crippen LogP contribution is -2.30. The average molecular weight is 311 g/mol. The Kier molecular flexibility index (Phi) is 5.53. The second-order valence-corrected chi connectivity index (χ2v) is 6.16. The molecule has 1 atom stereocenters. The van der Waals surface area contributed by atoms with E-state index in [0.29, 0.717) is 6.42 Å². The predicted molar refractivity (Wildman–Crippen MR) is 87.9 cm³/mol. The van der Waals surface area contributed by atoms with Gasteiger partial charge in [-0.05, 0) is 12.1 Å². The number of para-hydroxylation sites is 1. The number of aromatic nitrogens is 3. The van der Waals surface area contributed by atoms with Crippen LogP contribution in [0.2, 0.25) is 0 Å². The number of hydrogen-bond acceptors (Lipinski definition) is 4. The summed E-state index contributed by atoms with van der Waals surface area (Å²) in [4.78, 5) is 16.5. The molecule has 0 aliphatic rings. The van der Waals surface area contributed by atoms with Crippen molar-refractivity contribution in [1.82, 2.24) is 14.8 Å². The van der Waals surface area contributed by atoms with Crippen molar-refractivity contribution < 1.29 is 9.53 Å². The molecule has 0 saturated carbocycles. The summed E-state index contributed by atoms with van der Waals surface area (Å²) in [6.45, 7) is 5.97. The van der Waals surface area contributed by atoms with E-state index in [-0.39, 0.29) is 12.4 Å². The summed E-state index contributed by atoms with van der Waals surface area (Å²) < 4.78 is 7.08. The lowest BCUT2D eigenvalue weighted by molar-refractivity contribution is -0.129. The van der Waals surface area contributed by atoms with Crippen molar-refractivity contribution in [3.05, 3.63) is 43.0 Å². The van der Waals surface area contributed by atoms with Crippen molar-refractivity contribution in [2.24, 2.45) is 5.41 Å². The predicted octanol–water partition coefficient (Wildman–Crippen LogP) is 2.91. The van der Waals surface area contributed by atoms with Crippen LogP contribution < -0.4 is 4.74 Å². The van der Waals surface area contributed by atoms with Crippen LogP contribution in [0.1, 0.15) is 33.2 Å². The van der Waals surface area contributed by atoms with Gasteiger partial charge in [0.2, 0.25) is 0 Å². The minimum Gasteiger partial charge on any atom is -0.481 e. The third kappa shape index (κ3) is 4.96. The second-order valence-electron chi connectivity index (χ2n) is 6.16. The lowest BCUT2D eigenvalue weighted by Gasteiger charge is -2.23. The summed E-state index contributed by atoms with van der Waals surface area (Å²) in [5.41, 5.74) is -0.459. The van der Waals surface area contributed by atoms with Crippen LogP contribution in [0.5, 0.6) is 5.75 Å². The third-order valence-electron chi connectivity index (χ3n) is 3.27. The highest BCUT2D eigenvalue weighted by Crippen LogP contribution is 2.24. The molecule has 23 heavy (non-hydrogen) atoms.